The molecule has 0 spiro atoms. The molecule has 0 unspecified atom stereocenters. The first-order chi connectivity index (χ1) is 14.2. The standard InChI is InChI=1S/C17H14ClF4N7O/c1-8-13-11(29(27-26-13)16-24-6-9(19)7-25-16)3-5-28(8)15(30)10-2-4-23-14(12(10)18)17(20,21)22/h2,4,6-8,26-27H,3,5H2,1H3/t8-/m1/s1. The van der Waals surface area contributed by atoms with Gasteiger partial charge in [-0.25, -0.2) is 19.4 Å². The number of aromatic nitrogens is 3. The highest BCUT2D eigenvalue weighted by Gasteiger charge is 2.40. The molecule has 0 bridgehead atoms. The van der Waals surface area contributed by atoms with E-state index < -0.39 is 34.7 Å². The van der Waals surface area contributed by atoms with Crippen molar-refractivity contribution in [1.29, 1.82) is 0 Å². The summed E-state index contributed by atoms with van der Waals surface area (Å²) in [6.45, 7) is 1.93. The van der Waals surface area contributed by atoms with E-state index in [1.54, 1.807) is 6.92 Å². The van der Waals surface area contributed by atoms with Crippen LogP contribution in [0.5, 0.6) is 0 Å². The van der Waals surface area contributed by atoms with Crippen LogP contribution in [-0.2, 0) is 6.18 Å². The van der Waals surface area contributed by atoms with Crippen LogP contribution >= 0.6 is 11.6 Å². The Labute approximate surface area is 172 Å². The maximum atomic E-state index is 13.1. The van der Waals surface area contributed by atoms with Crippen LogP contribution in [0.15, 0.2) is 36.1 Å². The van der Waals surface area contributed by atoms with Gasteiger partial charge in [0, 0.05) is 19.2 Å². The molecule has 2 N–H and O–H groups in total. The van der Waals surface area contributed by atoms with Crippen LogP contribution in [0.2, 0.25) is 5.02 Å². The summed E-state index contributed by atoms with van der Waals surface area (Å²) in [4.78, 5) is 25.5. The lowest BCUT2D eigenvalue weighted by Gasteiger charge is -2.34. The quantitative estimate of drug-likeness (QED) is 0.690. The number of hydrazine groups is 2. The number of rotatable bonds is 2. The molecule has 13 heteroatoms. The van der Waals surface area contributed by atoms with E-state index in [0.29, 0.717) is 12.1 Å². The van der Waals surface area contributed by atoms with Crippen LogP contribution in [0.25, 0.3) is 0 Å². The second-order valence-electron chi connectivity index (χ2n) is 6.58. The van der Waals surface area contributed by atoms with Gasteiger partial charge in [0.05, 0.1) is 40.4 Å². The molecule has 0 saturated heterocycles. The fourth-order valence-electron chi connectivity index (χ4n) is 3.37. The first-order valence-electron chi connectivity index (χ1n) is 8.73. The average molecular weight is 444 g/mol. The summed E-state index contributed by atoms with van der Waals surface area (Å²) < 4.78 is 52.3. The second-order valence-corrected chi connectivity index (χ2v) is 6.96. The molecule has 0 radical (unpaired) electrons. The van der Waals surface area contributed by atoms with E-state index in [1.165, 1.54) is 9.91 Å². The largest absolute Gasteiger partial charge is 0.434 e. The summed E-state index contributed by atoms with van der Waals surface area (Å²) >= 11 is 5.86. The van der Waals surface area contributed by atoms with Crippen LogP contribution in [0.4, 0.5) is 23.5 Å². The second kappa shape index (κ2) is 7.36. The van der Waals surface area contributed by atoms with Crippen molar-refractivity contribution in [3.8, 4) is 0 Å². The lowest BCUT2D eigenvalue weighted by molar-refractivity contribution is -0.141. The van der Waals surface area contributed by atoms with Crippen LogP contribution in [-0.4, -0.2) is 38.3 Å². The molecule has 1 atom stereocenters. The fourth-order valence-corrected chi connectivity index (χ4v) is 3.67. The Hall–Kier alpha value is -2.99. The van der Waals surface area contributed by atoms with E-state index >= 15 is 0 Å². The van der Waals surface area contributed by atoms with Gasteiger partial charge in [0.25, 0.3) is 5.91 Å². The number of anilines is 1. The number of carbonyl (C=O) groups is 1. The van der Waals surface area contributed by atoms with E-state index in [9.17, 15) is 22.4 Å². The smallest absolute Gasteiger partial charge is 0.330 e. The molecule has 0 fully saturated rings. The SMILES string of the molecule is C[C@@H]1C2=C(CCN1C(=O)c1ccnc(C(F)(F)F)c1Cl)N(c1ncc(F)cn1)NN2. The molecule has 2 aliphatic rings. The van der Waals surface area contributed by atoms with Crippen LogP contribution < -0.4 is 16.0 Å². The van der Waals surface area contributed by atoms with Crippen molar-refractivity contribution < 1.29 is 22.4 Å². The summed E-state index contributed by atoms with van der Waals surface area (Å²) in [6, 6.07) is 0.646. The Morgan fingerprint density at radius 2 is 1.97 bits per heavy atom. The van der Waals surface area contributed by atoms with Crippen molar-refractivity contribution in [2.75, 3.05) is 11.6 Å². The zero-order valence-electron chi connectivity index (χ0n) is 15.3. The zero-order valence-corrected chi connectivity index (χ0v) is 16.1. The minimum atomic E-state index is -4.77. The number of nitrogens with one attached hydrogen (secondary N) is 2. The molecule has 8 nitrogen and oxygen atoms in total. The van der Waals surface area contributed by atoms with Crippen molar-refractivity contribution in [2.45, 2.75) is 25.6 Å². The average Bonchev–Trinajstić information content (AvgIpc) is 3.13. The predicted octanol–water partition coefficient (Wildman–Crippen LogP) is 2.66. The van der Waals surface area contributed by atoms with Gasteiger partial charge in [0.1, 0.15) is 0 Å². The molecule has 158 valence electrons. The first kappa shape index (κ1) is 20.3. The normalized spacial score (nSPS) is 19.1. The maximum absolute atomic E-state index is 13.1. The molecule has 2 aromatic heterocycles. The molecule has 1 amide bonds. The van der Waals surface area contributed by atoms with Gasteiger partial charge in [0.15, 0.2) is 11.5 Å². The molecular weight excluding hydrogens is 430 g/mol. The molecule has 0 aromatic carbocycles. The van der Waals surface area contributed by atoms with E-state index in [2.05, 4.69) is 25.9 Å². The number of alkyl halides is 3. The van der Waals surface area contributed by atoms with Gasteiger partial charge in [-0.15, -0.1) is 5.53 Å². The number of nitrogens with zero attached hydrogens (tertiary/aromatic N) is 5. The lowest BCUT2D eigenvalue weighted by atomic mass is 10.0. The number of hydrogen-bond donors (Lipinski definition) is 2. The number of hydrogen-bond acceptors (Lipinski definition) is 7. The zero-order chi connectivity index (χ0) is 21.6. The van der Waals surface area contributed by atoms with Gasteiger partial charge in [-0.05, 0) is 13.0 Å². The van der Waals surface area contributed by atoms with Crippen molar-refractivity contribution in [3.63, 3.8) is 0 Å². The van der Waals surface area contributed by atoms with Gasteiger partial charge in [-0.2, -0.15) is 13.2 Å². The van der Waals surface area contributed by atoms with Gasteiger partial charge < -0.3 is 10.3 Å². The summed E-state index contributed by atoms with van der Waals surface area (Å²) in [6.07, 6.45) is -1.48. The molecule has 0 saturated carbocycles. The van der Waals surface area contributed by atoms with Crippen LogP contribution in [0.1, 0.15) is 29.4 Å². The van der Waals surface area contributed by atoms with E-state index in [1.807, 2.05) is 0 Å². The molecule has 2 aromatic rings. The molecule has 2 aliphatic heterocycles. The Morgan fingerprint density at radius 1 is 1.27 bits per heavy atom. The van der Waals surface area contributed by atoms with Gasteiger partial charge in [0.2, 0.25) is 5.95 Å². The monoisotopic (exact) mass is 443 g/mol. The van der Waals surface area contributed by atoms with Crippen molar-refractivity contribution in [2.24, 2.45) is 0 Å². The molecule has 0 aliphatic carbocycles. The highest BCUT2D eigenvalue weighted by atomic mass is 35.5. The number of carbonyl (C=O) groups excluding carboxylic acids is 1. The van der Waals surface area contributed by atoms with Crippen molar-refractivity contribution in [1.82, 2.24) is 30.8 Å². The number of amides is 1. The Bertz CT molecular complexity index is 1030. The molecular formula is C17H14ClF4N7O. The predicted molar refractivity (Wildman–Crippen MR) is 97.1 cm³/mol. The van der Waals surface area contributed by atoms with Crippen molar-refractivity contribution in [3.05, 3.63) is 58.1 Å². The Morgan fingerprint density at radius 3 is 2.63 bits per heavy atom. The Balaban J connectivity index is 1.61. The molecule has 30 heavy (non-hydrogen) atoms. The Kier molecular flexibility index (Phi) is 4.98. The lowest BCUT2D eigenvalue weighted by Crippen LogP contribution is -2.46. The van der Waals surface area contributed by atoms with Gasteiger partial charge in [-0.3, -0.25) is 9.78 Å². The third kappa shape index (κ3) is 3.41. The molecule has 4 rings (SSSR count). The van der Waals surface area contributed by atoms with E-state index in [0.717, 1.165) is 30.4 Å². The summed E-state index contributed by atoms with van der Waals surface area (Å²) in [7, 11) is 0. The third-order valence-electron chi connectivity index (χ3n) is 4.81. The van der Waals surface area contributed by atoms with Crippen LogP contribution in [0, 0.1) is 5.82 Å². The van der Waals surface area contributed by atoms with Crippen LogP contribution in [0.3, 0.4) is 0 Å². The first-order valence-corrected chi connectivity index (χ1v) is 9.11. The highest BCUT2D eigenvalue weighted by molar-refractivity contribution is 6.34. The minimum Gasteiger partial charge on any atom is -0.330 e. The van der Waals surface area contributed by atoms with E-state index in [-0.39, 0.29) is 18.1 Å². The van der Waals surface area contributed by atoms with Crippen molar-refractivity contribution >= 4 is 23.5 Å². The maximum Gasteiger partial charge on any atom is 0.434 e. The van der Waals surface area contributed by atoms with Gasteiger partial charge >= 0.3 is 6.18 Å². The number of pyridine rings is 1. The van der Waals surface area contributed by atoms with E-state index in [4.69, 9.17) is 11.6 Å². The summed E-state index contributed by atoms with van der Waals surface area (Å²) in [5.74, 6) is -1.03. The highest BCUT2D eigenvalue weighted by Crippen LogP contribution is 2.36. The van der Waals surface area contributed by atoms with Gasteiger partial charge in [-0.1, -0.05) is 11.6 Å². The molecule has 4 heterocycles. The summed E-state index contributed by atoms with van der Waals surface area (Å²) in [5.41, 5.74) is 5.53. The third-order valence-corrected chi connectivity index (χ3v) is 5.20. The summed E-state index contributed by atoms with van der Waals surface area (Å²) in [5, 5.41) is 0.787. The minimum absolute atomic E-state index is 0.202. The number of halogens is 5. The fraction of sp³-hybridized carbons (Fsp3) is 0.294. The topological polar surface area (TPSA) is 86.3 Å².